The first-order chi connectivity index (χ1) is 9.99. The normalized spacial score (nSPS) is 12.0. The van der Waals surface area contributed by atoms with Gasteiger partial charge in [0.05, 0.1) is 13.5 Å². The molecule has 1 unspecified atom stereocenters. The molecule has 0 saturated heterocycles. The van der Waals surface area contributed by atoms with E-state index in [1.165, 1.54) is 12.1 Å². The van der Waals surface area contributed by atoms with Gasteiger partial charge in [0, 0.05) is 6.04 Å². The summed E-state index contributed by atoms with van der Waals surface area (Å²) >= 11 is 0. The number of rotatable bonds is 5. The van der Waals surface area contributed by atoms with Gasteiger partial charge in [0.15, 0.2) is 0 Å². The van der Waals surface area contributed by atoms with E-state index in [-0.39, 0.29) is 6.42 Å². The highest BCUT2D eigenvalue weighted by atomic mass is 19.1. The number of carboxylic acids is 1. The van der Waals surface area contributed by atoms with E-state index in [0.29, 0.717) is 16.9 Å². The number of carbonyl (C=O) groups is 1. The highest BCUT2D eigenvalue weighted by Crippen LogP contribution is 2.27. The minimum atomic E-state index is -1.02. The topological polar surface area (TPSA) is 72.5 Å². The van der Waals surface area contributed by atoms with Crippen LogP contribution in [-0.2, 0) is 4.79 Å². The van der Waals surface area contributed by atoms with Crippen LogP contribution in [0.2, 0.25) is 0 Å². The molecule has 0 spiro atoms. The molecule has 0 amide bonds. The lowest BCUT2D eigenvalue weighted by molar-refractivity contribution is -0.137. The van der Waals surface area contributed by atoms with Crippen LogP contribution in [0, 0.1) is 5.82 Å². The number of nitrogens with two attached hydrogens (primary N) is 1. The van der Waals surface area contributed by atoms with Crippen LogP contribution in [0.1, 0.15) is 18.0 Å². The second-order valence-electron chi connectivity index (χ2n) is 4.71. The lowest BCUT2D eigenvalue weighted by atomic mass is 9.98. The van der Waals surface area contributed by atoms with Crippen LogP contribution in [0.3, 0.4) is 0 Å². The van der Waals surface area contributed by atoms with Crippen LogP contribution in [0.5, 0.6) is 5.75 Å². The van der Waals surface area contributed by atoms with Gasteiger partial charge < -0.3 is 15.6 Å². The van der Waals surface area contributed by atoms with Crippen LogP contribution in [-0.4, -0.2) is 18.2 Å². The third-order valence-corrected chi connectivity index (χ3v) is 3.15. The third kappa shape index (κ3) is 3.79. The van der Waals surface area contributed by atoms with Gasteiger partial charge in [0.2, 0.25) is 0 Å². The van der Waals surface area contributed by atoms with Crippen LogP contribution in [0.15, 0.2) is 42.5 Å². The number of methoxy groups -OCH3 is 1. The van der Waals surface area contributed by atoms with E-state index < -0.39 is 17.8 Å². The van der Waals surface area contributed by atoms with Gasteiger partial charge in [-0.1, -0.05) is 12.1 Å². The number of ether oxygens (including phenoxy) is 1. The number of carboxylic acid groups (broad SMARTS) is 1. The van der Waals surface area contributed by atoms with Crippen LogP contribution >= 0.6 is 0 Å². The summed E-state index contributed by atoms with van der Waals surface area (Å²) in [6.45, 7) is 0. The Balaban J connectivity index is 2.40. The van der Waals surface area contributed by atoms with Crippen molar-refractivity contribution in [3.8, 4) is 16.9 Å². The Hall–Kier alpha value is -2.40. The predicted octanol–water partition coefficient (Wildman–Crippen LogP) is 2.98. The highest BCUT2D eigenvalue weighted by molar-refractivity contribution is 5.69. The summed E-state index contributed by atoms with van der Waals surface area (Å²) < 4.78 is 18.9. The highest BCUT2D eigenvalue weighted by Gasteiger charge is 2.13. The molecule has 0 aliphatic rings. The second-order valence-corrected chi connectivity index (χ2v) is 4.71. The molecule has 2 aromatic carbocycles. The number of aliphatic carboxylic acids is 1. The molecule has 0 heterocycles. The van der Waals surface area contributed by atoms with E-state index in [0.717, 1.165) is 5.56 Å². The first-order valence-corrected chi connectivity index (χ1v) is 6.42. The summed E-state index contributed by atoms with van der Waals surface area (Å²) in [5.74, 6) is -0.811. The fourth-order valence-electron chi connectivity index (χ4n) is 2.10. The molecule has 1 atom stereocenters. The zero-order valence-corrected chi connectivity index (χ0v) is 11.5. The maximum atomic E-state index is 13.8. The summed E-state index contributed by atoms with van der Waals surface area (Å²) in [5, 5.41) is 8.78. The number of hydrogen-bond donors (Lipinski definition) is 2. The summed E-state index contributed by atoms with van der Waals surface area (Å²) in [6.07, 6.45) is -0.249. The van der Waals surface area contributed by atoms with Gasteiger partial charge in [-0.15, -0.1) is 0 Å². The standard InChI is InChI=1S/C16H16FNO3/c1-21-14-4-2-3-10(8-14)11-5-12(7-13(17)6-11)15(18)9-16(19)20/h2-8,15H,9,18H2,1H3,(H,19,20). The van der Waals surface area contributed by atoms with E-state index in [2.05, 4.69) is 0 Å². The lowest BCUT2D eigenvalue weighted by Crippen LogP contribution is -2.15. The molecule has 4 nitrogen and oxygen atoms in total. The van der Waals surface area contributed by atoms with E-state index >= 15 is 0 Å². The van der Waals surface area contributed by atoms with Crippen molar-refractivity contribution in [2.75, 3.05) is 7.11 Å². The Bertz CT molecular complexity index is 658. The largest absolute Gasteiger partial charge is 0.497 e. The Morgan fingerprint density at radius 1 is 1.29 bits per heavy atom. The molecule has 0 aromatic heterocycles. The van der Waals surface area contributed by atoms with Crippen molar-refractivity contribution in [2.45, 2.75) is 12.5 Å². The average Bonchev–Trinajstić information content (AvgIpc) is 2.46. The monoisotopic (exact) mass is 289 g/mol. The molecule has 5 heteroatoms. The number of halogens is 1. The van der Waals surface area contributed by atoms with Crippen molar-refractivity contribution in [1.82, 2.24) is 0 Å². The Kier molecular flexibility index (Phi) is 4.55. The molecule has 2 rings (SSSR count). The SMILES string of the molecule is COc1cccc(-c2cc(F)cc(C(N)CC(=O)O)c2)c1. The third-order valence-electron chi connectivity index (χ3n) is 3.15. The van der Waals surface area contributed by atoms with Gasteiger partial charge in [-0.3, -0.25) is 4.79 Å². The quantitative estimate of drug-likeness (QED) is 0.887. The Morgan fingerprint density at radius 2 is 2.05 bits per heavy atom. The molecular formula is C16H16FNO3. The van der Waals surface area contributed by atoms with Crippen LogP contribution in [0.25, 0.3) is 11.1 Å². The van der Waals surface area contributed by atoms with Crippen molar-refractivity contribution in [1.29, 1.82) is 0 Å². The molecule has 0 bridgehead atoms. The smallest absolute Gasteiger partial charge is 0.305 e. The minimum absolute atomic E-state index is 0.249. The molecule has 3 N–H and O–H groups in total. The zero-order valence-electron chi connectivity index (χ0n) is 11.5. The second kappa shape index (κ2) is 6.37. The zero-order chi connectivity index (χ0) is 15.4. The van der Waals surface area contributed by atoms with Crippen LogP contribution in [0.4, 0.5) is 4.39 Å². The molecule has 0 radical (unpaired) electrons. The van der Waals surface area contributed by atoms with E-state index in [4.69, 9.17) is 15.6 Å². The summed E-state index contributed by atoms with van der Waals surface area (Å²) in [5.41, 5.74) is 7.65. The van der Waals surface area contributed by atoms with Crippen molar-refractivity contribution >= 4 is 5.97 Å². The number of benzene rings is 2. The van der Waals surface area contributed by atoms with Gasteiger partial charge in [-0.25, -0.2) is 4.39 Å². The van der Waals surface area contributed by atoms with Gasteiger partial charge in [-0.05, 0) is 47.0 Å². The van der Waals surface area contributed by atoms with E-state index in [1.807, 2.05) is 6.07 Å². The average molecular weight is 289 g/mol. The summed E-state index contributed by atoms with van der Waals surface area (Å²) in [6, 6.07) is 10.8. The van der Waals surface area contributed by atoms with Crippen LogP contribution < -0.4 is 10.5 Å². The Labute approximate surface area is 122 Å². The van der Waals surface area contributed by atoms with Gasteiger partial charge in [-0.2, -0.15) is 0 Å². The van der Waals surface area contributed by atoms with Gasteiger partial charge >= 0.3 is 5.97 Å². The summed E-state index contributed by atoms with van der Waals surface area (Å²) in [7, 11) is 1.55. The Morgan fingerprint density at radius 3 is 2.71 bits per heavy atom. The van der Waals surface area contributed by atoms with E-state index in [9.17, 15) is 9.18 Å². The lowest BCUT2D eigenvalue weighted by Gasteiger charge is -2.12. The van der Waals surface area contributed by atoms with Crippen molar-refractivity contribution < 1.29 is 19.0 Å². The molecule has 0 fully saturated rings. The maximum absolute atomic E-state index is 13.8. The number of hydrogen-bond acceptors (Lipinski definition) is 3. The molecular weight excluding hydrogens is 273 g/mol. The molecule has 0 aliphatic heterocycles. The minimum Gasteiger partial charge on any atom is -0.497 e. The molecule has 0 aliphatic carbocycles. The van der Waals surface area contributed by atoms with Gasteiger partial charge in [0.25, 0.3) is 0 Å². The predicted molar refractivity (Wildman–Crippen MR) is 77.6 cm³/mol. The van der Waals surface area contributed by atoms with Crippen molar-refractivity contribution in [2.24, 2.45) is 5.73 Å². The summed E-state index contributed by atoms with van der Waals surface area (Å²) in [4.78, 5) is 10.7. The molecule has 110 valence electrons. The molecule has 21 heavy (non-hydrogen) atoms. The first-order valence-electron chi connectivity index (χ1n) is 6.42. The fraction of sp³-hybridized carbons (Fsp3) is 0.188. The first kappa shape index (κ1) is 15.0. The fourth-order valence-corrected chi connectivity index (χ4v) is 2.10. The molecule has 2 aromatic rings. The van der Waals surface area contributed by atoms with Gasteiger partial charge in [0.1, 0.15) is 11.6 Å². The maximum Gasteiger partial charge on any atom is 0.305 e. The van der Waals surface area contributed by atoms with Crippen molar-refractivity contribution in [3.05, 3.63) is 53.8 Å². The van der Waals surface area contributed by atoms with E-state index in [1.54, 1.807) is 31.4 Å². The molecule has 0 saturated carbocycles. The van der Waals surface area contributed by atoms with Crippen molar-refractivity contribution in [3.63, 3.8) is 0 Å².